The van der Waals surface area contributed by atoms with Gasteiger partial charge in [-0.3, -0.25) is 4.79 Å². The molecule has 0 atom stereocenters. The summed E-state index contributed by atoms with van der Waals surface area (Å²) in [6, 6.07) is 13.2. The highest BCUT2D eigenvalue weighted by molar-refractivity contribution is 5.84. The van der Waals surface area contributed by atoms with E-state index in [0.717, 1.165) is 27.8 Å². The number of nitrogens with zero attached hydrogens (tertiary/aromatic N) is 5. The molecule has 1 aliphatic heterocycles. The van der Waals surface area contributed by atoms with Crippen LogP contribution in [0.2, 0.25) is 0 Å². The minimum atomic E-state index is -0.359. The predicted molar refractivity (Wildman–Crippen MR) is 126 cm³/mol. The number of amides is 1. The van der Waals surface area contributed by atoms with Crippen molar-refractivity contribution in [3.05, 3.63) is 87.6 Å². The first-order valence-electron chi connectivity index (χ1n) is 11.1. The molecule has 0 fully saturated rings. The Bertz CT molecular complexity index is 1390. The minimum Gasteiger partial charge on any atom is -0.481 e. The molecule has 0 saturated heterocycles. The van der Waals surface area contributed by atoms with Gasteiger partial charge in [-0.1, -0.05) is 36.4 Å². The van der Waals surface area contributed by atoms with Gasteiger partial charge in [-0.2, -0.15) is 5.10 Å². The average Bonchev–Trinajstić information content (AvgIpc) is 3.17. The predicted octanol–water partition coefficient (Wildman–Crippen LogP) is 2.88. The molecule has 1 amide bonds. The van der Waals surface area contributed by atoms with Crippen LogP contribution in [0.4, 0.5) is 4.79 Å². The Morgan fingerprint density at radius 3 is 2.65 bits per heavy atom. The van der Waals surface area contributed by atoms with E-state index >= 15 is 0 Å². The van der Waals surface area contributed by atoms with Gasteiger partial charge in [-0.15, -0.1) is 0 Å². The molecule has 174 valence electrons. The molecule has 0 bridgehead atoms. The highest BCUT2D eigenvalue weighted by Gasteiger charge is 2.28. The quantitative estimate of drug-likeness (QED) is 0.456. The average molecular weight is 460 g/mol. The molecule has 34 heavy (non-hydrogen) atoms. The molecule has 0 saturated carbocycles. The molecule has 1 aromatic carbocycles. The monoisotopic (exact) mass is 459 g/mol. The molecular weight excluding hydrogens is 434 g/mol. The third-order valence-corrected chi connectivity index (χ3v) is 6.21. The van der Waals surface area contributed by atoms with Crippen molar-refractivity contribution in [2.45, 2.75) is 26.1 Å². The lowest BCUT2D eigenvalue weighted by Crippen LogP contribution is -2.36. The summed E-state index contributed by atoms with van der Waals surface area (Å²) in [5.41, 5.74) is 4.19. The molecule has 3 aromatic heterocycles. The second kappa shape index (κ2) is 9.01. The van der Waals surface area contributed by atoms with E-state index in [2.05, 4.69) is 10.1 Å². The topological polar surface area (TPSA) is 91.5 Å². The zero-order chi connectivity index (χ0) is 23.7. The van der Waals surface area contributed by atoms with Crippen LogP contribution in [0.5, 0.6) is 5.88 Å². The standard InChI is InChI=1S/C25H25N5O4/c1-28-21-15-29(25(32)34-16-17-6-4-3-5-7-17)11-10-19(21)20-13-27-30(24(31)23(20)28)14-18-8-9-22(33-2)26-12-18/h3-9,12-13H,10-11,14-16H2,1-2H3. The number of hydrogen-bond donors (Lipinski definition) is 0. The third kappa shape index (κ3) is 4.00. The van der Waals surface area contributed by atoms with Gasteiger partial charge in [0, 0.05) is 36.9 Å². The molecule has 0 N–H and O–H groups in total. The number of benzene rings is 1. The number of carbonyl (C=O) groups excluding carboxylic acids is 1. The van der Waals surface area contributed by atoms with Crippen molar-refractivity contribution < 1.29 is 14.3 Å². The van der Waals surface area contributed by atoms with Crippen LogP contribution >= 0.6 is 0 Å². The van der Waals surface area contributed by atoms with Crippen molar-refractivity contribution in [1.29, 1.82) is 0 Å². The first-order valence-corrected chi connectivity index (χ1v) is 11.1. The number of ether oxygens (including phenoxy) is 2. The van der Waals surface area contributed by atoms with Gasteiger partial charge in [0.15, 0.2) is 0 Å². The van der Waals surface area contributed by atoms with Gasteiger partial charge in [0.05, 0.1) is 26.4 Å². The summed E-state index contributed by atoms with van der Waals surface area (Å²) in [5.74, 6) is 0.515. The van der Waals surface area contributed by atoms with Crippen molar-refractivity contribution >= 4 is 17.0 Å². The van der Waals surface area contributed by atoms with Gasteiger partial charge >= 0.3 is 6.09 Å². The maximum atomic E-state index is 13.3. The highest BCUT2D eigenvalue weighted by atomic mass is 16.6. The minimum absolute atomic E-state index is 0.177. The molecule has 0 radical (unpaired) electrons. The van der Waals surface area contributed by atoms with E-state index in [-0.39, 0.29) is 18.3 Å². The van der Waals surface area contributed by atoms with Crippen LogP contribution in [0.15, 0.2) is 59.7 Å². The van der Waals surface area contributed by atoms with Crippen LogP contribution in [-0.2, 0) is 37.9 Å². The molecule has 5 rings (SSSR count). The fourth-order valence-corrected chi connectivity index (χ4v) is 4.38. The largest absolute Gasteiger partial charge is 0.481 e. The Morgan fingerprint density at radius 2 is 1.91 bits per heavy atom. The van der Waals surface area contributed by atoms with Crippen LogP contribution in [-0.4, -0.2) is 44.0 Å². The summed E-state index contributed by atoms with van der Waals surface area (Å²) in [6.45, 7) is 1.45. The van der Waals surface area contributed by atoms with E-state index < -0.39 is 0 Å². The summed E-state index contributed by atoms with van der Waals surface area (Å²) in [5, 5.41) is 5.25. The molecular formula is C25H25N5O4. The summed E-state index contributed by atoms with van der Waals surface area (Å²) >= 11 is 0. The summed E-state index contributed by atoms with van der Waals surface area (Å²) in [7, 11) is 3.42. The number of aromatic nitrogens is 4. The fraction of sp³-hybridized carbons (Fsp3) is 0.280. The second-order valence-electron chi connectivity index (χ2n) is 8.27. The van der Waals surface area contributed by atoms with Crippen LogP contribution in [0.25, 0.3) is 10.9 Å². The molecule has 9 heteroatoms. The number of aryl methyl sites for hydroxylation is 1. The number of methoxy groups -OCH3 is 1. The lowest BCUT2D eigenvalue weighted by atomic mass is 10.1. The number of rotatable bonds is 5. The Morgan fingerprint density at radius 1 is 1.09 bits per heavy atom. The number of pyridine rings is 1. The molecule has 4 heterocycles. The van der Waals surface area contributed by atoms with Gasteiger partial charge in [0.1, 0.15) is 12.1 Å². The Kier molecular flexibility index (Phi) is 5.75. The number of hydrogen-bond acceptors (Lipinski definition) is 6. The normalized spacial score (nSPS) is 13.1. The SMILES string of the molecule is COc1ccc(Cn2ncc3c4c(n(C)c3c2=O)CN(C(=O)OCc2ccccc2)CC4)cn1. The maximum absolute atomic E-state index is 13.3. The van der Waals surface area contributed by atoms with Crippen LogP contribution < -0.4 is 10.3 Å². The molecule has 0 aliphatic carbocycles. The van der Waals surface area contributed by atoms with Crippen molar-refractivity contribution in [2.24, 2.45) is 7.05 Å². The van der Waals surface area contributed by atoms with E-state index in [1.54, 1.807) is 30.5 Å². The lowest BCUT2D eigenvalue weighted by molar-refractivity contribution is 0.0911. The Hall–Kier alpha value is -4.14. The van der Waals surface area contributed by atoms with Crippen molar-refractivity contribution in [3.8, 4) is 5.88 Å². The van der Waals surface area contributed by atoms with E-state index in [1.807, 2.05) is 48.0 Å². The summed E-state index contributed by atoms with van der Waals surface area (Å²) < 4.78 is 13.9. The van der Waals surface area contributed by atoms with Crippen LogP contribution in [0, 0.1) is 0 Å². The third-order valence-electron chi connectivity index (χ3n) is 6.21. The molecule has 0 spiro atoms. The van der Waals surface area contributed by atoms with Gasteiger partial charge in [-0.25, -0.2) is 14.5 Å². The fourth-order valence-electron chi connectivity index (χ4n) is 4.38. The molecule has 4 aromatic rings. The van der Waals surface area contributed by atoms with Crippen molar-refractivity contribution in [1.82, 2.24) is 24.2 Å². The summed E-state index contributed by atoms with van der Waals surface area (Å²) in [6.07, 6.45) is 3.70. The number of fused-ring (bicyclic) bond motifs is 3. The first-order chi connectivity index (χ1) is 16.5. The van der Waals surface area contributed by atoms with Gasteiger partial charge in [-0.05, 0) is 23.1 Å². The smallest absolute Gasteiger partial charge is 0.410 e. The van der Waals surface area contributed by atoms with Crippen LogP contribution in [0.3, 0.4) is 0 Å². The van der Waals surface area contributed by atoms with Gasteiger partial charge < -0.3 is 18.9 Å². The second-order valence-corrected chi connectivity index (χ2v) is 8.27. The van der Waals surface area contributed by atoms with Crippen molar-refractivity contribution in [2.75, 3.05) is 13.7 Å². The zero-order valence-corrected chi connectivity index (χ0v) is 19.1. The van der Waals surface area contributed by atoms with Crippen molar-refractivity contribution in [3.63, 3.8) is 0 Å². The number of carbonyl (C=O) groups is 1. The first kappa shape index (κ1) is 21.7. The Balaban J connectivity index is 1.37. The van der Waals surface area contributed by atoms with Gasteiger partial charge in [0.25, 0.3) is 5.56 Å². The maximum Gasteiger partial charge on any atom is 0.410 e. The zero-order valence-electron chi connectivity index (χ0n) is 19.1. The highest BCUT2D eigenvalue weighted by Crippen LogP contribution is 2.28. The van der Waals surface area contributed by atoms with Crippen LogP contribution in [0.1, 0.15) is 22.4 Å². The Labute approximate surface area is 196 Å². The van der Waals surface area contributed by atoms with E-state index in [0.29, 0.717) is 37.5 Å². The molecule has 9 nitrogen and oxygen atoms in total. The van der Waals surface area contributed by atoms with E-state index in [4.69, 9.17) is 9.47 Å². The van der Waals surface area contributed by atoms with E-state index in [9.17, 15) is 9.59 Å². The molecule has 1 aliphatic rings. The lowest BCUT2D eigenvalue weighted by Gasteiger charge is -2.27. The van der Waals surface area contributed by atoms with E-state index in [1.165, 1.54) is 4.68 Å². The summed E-state index contributed by atoms with van der Waals surface area (Å²) in [4.78, 5) is 31.9. The molecule has 0 unspecified atom stereocenters. The van der Waals surface area contributed by atoms with Gasteiger partial charge in [0.2, 0.25) is 5.88 Å².